The van der Waals surface area contributed by atoms with Crippen LogP contribution in [0.3, 0.4) is 0 Å². The molecule has 41 heavy (non-hydrogen) atoms. The average Bonchev–Trinajstić information content (AvgIpc) is 2.93. The van der Waals surface area contributed by atoms with Gasteiger partial charge in [0.2, 0.25) is 11.8 Å². The first-order chi connectivity index (χ1) is 19.5. The Morgan fingerprint density at radius 3 is 2.22 bits per heavy atom. The fraction of sp³-hybridized carbons (Fsp3) is 0.333. The summed E-state index contributed by atoms with van der Waals surface area (Å²) in [6.45, 7) is 5.56. The third-order valence-electron chi connectivity index (χ3n) is 6.54. The predicted octanol–water partition coefficient (Wildman–Crippen LogP) is 6.87. The van der Waals surface area contributed by atoms with E-state index in [1.165, 1.54) is 29.2 Å². The monoisotopic (exact) mass is 637 g/mol. The number of hydrogen-bond donors (Lipinski definition) is 1. The second-order valence-electron chi connectivity index (χ2n) is 9.63. The fourth-order valence-corrected chi connectivity index (χ4v) is 6.30. The summed E-state index contributed by atoms with van der Waals surface area (Å²) in [7, 11) is -4.19. The Morgan fingerprint density at radius 2 is 1.61 bits per heavy atom. The van der Waals surface area contributed by atoms with Crippen LogP contribution in [0.25, 0.3) is 0 Å². The molecule has 0 bridgehead atoms. The van der Waals surface area contributed by atoms with E-state index < -0.39 is 28.5 Å². The molecule has 0 unspecified atom stereocenters. The number of carbonyl (C=O) groups is 2. The highest BCUT2D eigenvalue weighted by molar-refractivity contribution is 7.92. The van der Waals surface area contributed by atoms with Gasteiger partial charge in [-0.15, -0.1) is 0 Å². The Bertz CT molecular complexity index is 1470. The quantitative estimate of drug-likeness (QED) is 0.207. The zero-order chi connectivity index (χ0) is 30.2. The van der Waals surface area contributed by atoms with Crippen LogP contribution in [0, 0.1) is 6.92 Å². The zero-order valence-electron chi connectivity index (χ0n) is 23.2. The van der Waals surface area contributed by atoms with Crippen molar-refractivity contribution in [2.24, 2.45) is 0 Å². The number of nitrogens with one attached hydrogen (secondary N) is 1. The van der Waals surface area contributed by atoms with Crippen molar-refractivity contribution in [3.63, 3.8) is 0 Å². The lowest BCUT2D eigenvalue weighted by molar-refractivity contribution is -0.140. The van der Waals surface area contributed by atoms with Gasteiger partial charge in [-0.2, -0.15) is 0 Å². The number of amides is 2. The molecule has 0 heterocycles. The summed E-state index contributed by atoms with van der Waals surface area (Å²) in [6.07, 6.45) is 2.00. The number of benzene rings is 3. The molecule has 0 aliphatic carbocycles. The third kappa shape index (κ3) is 8.61. The number of rotatable bonds is 13. The molecule has 3 aromatic carbocycles. The molecule has 3 rings (SSSR count). The van der Waals surface area contributed by atoms with Crippen molar-refractivity contribution in [1.29, 1.82) is 0 Å². The lowest BCUT2D eigenvalue weighted by Gasteiger charge is -2.33. The molecular formula is C30H34Cl3N3O4S. The van der Waals surface area contributed by atoms with Crippen LogP contribution in [0.1, 0.15) is 44.2 Å². The molecule has 0 saturated heterocycles. The minimum atomic E-state index is -4.19. The van der Waals surface area contributed by atoms with E-state index in [2.05, 4.69) is 5.32 Å². The lowest BCUT2D eigenvalue weighted by atomic mass is 10.1. The number of sulfonamides is 1. The van der Waals surface area contributed by atoms with Crippen LogP contribution in [0.4, 0.5) is 5.69 Å². The summed E-state index contributed by atoms with van der Waals surface area (Å²) >= 11 is 18.5. The van der Waals surface area contributed by atoms with E-state index in [0.717, 1.165) is 22.7 Å². The number of aryl methyl sites for hydroxylation is 1. The Balaban J connectivity index is 2.06. The summed E-state index contributed by atoms with van der Waals surface area (Å²) < 4.78 is 28.9. The molecule has 0 saturated carbocycles. The molecule has 0 radical (unpaired) electrons. The average molecular weight is 639 g/mol. The minimum absolute atomic E-state index is 0.0167. The maximum atomic E-state index is 14.1. The van der Waals surface area contributed by atoms with Crippen LogP contribution in [0.2, 0.25) is 15.1 Å². The first kappa shape index (κ1) is 32.7. The van der Waals surface area contributed by atoms with Crippen LogP contribution in [-0.2, 0) is 26.2 Å². The number of unbranched alkanes of at least 4 members (excludes halogenated alkanes) is 1. The van der Waals surface area contributed by atoms with Gasteiger partial charge in [-0.3, -0.25) is 13.9 Å². The summed E-state index contributed by atoms with van der Waals surface area (Å²) in [6, 6.07) is 16.7. The Hall–Kier alpha value is -2.78. The fourth-order valence-electron chi connectivity index (χ4n) is 4.30. The molecule has 1 N–H and O–H groups in total. The van der Waals surface area contributed by atoms with Crippen molar-refractivity contribution in [2.45, 2.75) is 57.5 Å². The van der Waals surface area contributed by atoms with E-state index in [1.54, 1.807) is 43.3 Å². The molecule has 0 aliphatic heterocycles. The molecule has 3 aromatic rings. The van der Waals surface area contributed by atoms with E-state index in [-0.39, 0.29) is 17.3 Å². The van der Waals surface area contributed by atoms with E-state index in [0.29, 0.717) is 39.3 Å². The van der Waals surface area contributed by atoms with Gasteiger partial charge in [-0.05, 0) is 79.4 Å². The second kappa shape index (κ2) is 14.9. The number of anilines is 1. The van der Waals surface area contributed by atoms with Gasteiger partial charge in [0.25, 0.3) is 10.0 Å². The van der Waals surface area contributed by atoms with Crippen LogP contribution in [0.5, 0.6) is 0 Å². The SMILES string of the molecule is CCCCNC(=O)[C@H](CC)N(Cc1ccc(Cl)cc1Cl)C(=O)CN(c1cccc(C)c1)S(=O)(=O)c1ccc(Cl)cc1. The zero-order valence-corrected chi connectivity index (χ0v) is 26.3. The molecule has 0 aliphatic rings. The van der Waals surface area contributed by atoms with Gasteiger partial charge >= 0.3 is 0 Å². The van der Waals surface area contributed by atoms with Crippen molar-refractivity contribution in [3.05, 3.63) is 92.9 Å². The van der Waals surface area contributed by atoms with Gasteiger partial charge in [0.05, 0.1) is 10.6 Å². The normalized spacial score (nSPS) is 12.0. The Kier molecular flexibility index (Phi) is 11.9. The first-order valence-corrected chi connectivity index (χ1v) is 15.9. The van der Waals surface area contributed by atoms with Gasteiger partial charge in [0.15, 0.2) is 0 Å². The molecule has 0 spiro atoms. The number of nitrogens with zero attached hydrogens (tertiary/aromatic N) is 2. The topological polar surface area (TPSA) is 86.8 Å². The van der Waals surface area contributed by atoms with Crippen molar-refractivity contribution in [1.82, 2.24) is 10.2 Å². The number of carbonyl (C=O) groups excluding carboxylic acids is 2. The molecule has 220 valence electrons. The smallest absolute Gasteiger partial charge is 0.264 e. The molecular weight excluding hydrogens is 605 g/mol. The van der Waals surface area contributed by atoms with E-state index in [1.807, 2.05) is 19.9 Å². The van der Waals surface area contributed by atoms with Crippen LogP contribution in [-0.4, -0.2) is 44.3 Å². The van der Waals surface area contributed by atoms with Crippen LogP contribution in [0.15, 0.2) is 71.6 Å². The highest BCUT2D eigenvalue weighted by atomic mass is 35.5. The van der Waals surface area contributed by atoms with Gasteiger partial charge in [-0.1, -0.05) is 73.3 Å². The van der Waals surface area contributed by atoms with Crippen molar-refractivity contribution < 1.29 is 18.0 Å². The molecule has 2 amide bonds. The Morgan fingerprint density at radius 1 is 0.927 bits per heavy atom. The third-order valence-corrected chi connectivity index (χ3v) is 9.17. The van der Waals surface area contributed by atoms with Crippen LogP contribution >= 0.6 is 34.8 Å². The molecule has 7 nitrogen and oxygen atoms in total. The van der Waals surface area contributed by atoms with E-state index in [9.17, 15) is 18.0 Å². The van der Waals surface area contributed by atoms with Crippen LogP contribution < -0.4 is 9.62 Å². The first-order valence-electron chi connectivity index (χ1n) is 13.3. The van der Waals surface area contributed by atoms with Gasteiger partial charge in [-0.25, -0.2) is 8.42 Å². The largest absolute Gasteiger partial charge is 0.354 e. The van der Waals surface area contributed by atoms with Gasteiger partial charge in [0.1, 0.15) is 12.6 Å². The minimum Gasteiger partial charge on any atom is -0.354 e. The van der Waals surface area contributed by atoms with Crippen molar-refractivity contribution in [2.75, 3.05) is 17.4 Å². The number of halogens is 3. The molecule has 0 fully saturated rings. The maximum Gasteiger partial charge on any atom is 0.264 e. The van der Waals surface area contributed by atoms with E-state index in [4.69, 9.17) is 34.8 Å². The van der Waals surface area contributed by atoms with Gasteiger partial charge < -0.3 is 10.2 Å². The molecule has 1 atom stereocenters. The van der Waals surface area contributed by atoms with Crippen molar-refractivity contribution >= 4 is 62.3 Å². The summed E-state index contributed by atoms with van der Waals surface area (Å²) in [4.78, 5) is 28.7. The van der Waals surface area contributed by atoms with Gasteiger partial charge in [0, 0.05) is 28.2 Å². The molecule has 11 heteroatoms. The summed E-state index contributed by atoms with van der Waals surface area (Å²) in [5.41, 5.74) is 1.71. The second-order valence-corrected chi connectivity index (χ2v) is 12.8. The highest BCUT2D eigenvalue weighted by Crippen LogP contribution is 2.28. The molecule has 0 aromatic heterocycles. The predicted molar refractivity (Wildman–Crippen MR) is 166 cm³/mol. The standard InChI is InChI=1S/C30H34Cl3N3O4S/c1-4-6-16-34-30(38)28(5-2)35(19-22-10-11-24(32)18-27(22)33)29(37)20-36(25-9-7-8-21(3)17-25)41(39,40)26-14-12-23(31)13-15-26/h7-15,17-18,28H,4-6,16,19-20H2,1-3H3,(H,34,38)/t28-/m0/s1. The van der Waals surface area contributed by atoms with Crippen molar-refractivity contribution in [3.8, 4) is 0 Å². The van der Waals surface area contributed by atoms with E-state index >= 15 is 0 Å². The summed E-state index contributed by atoms with van der Waals surface area (Å²) in [5.74, 6) is -0.880. The summed E-state index contributed by atoms with van der Waals surface area (Å²) in [5, 5.41) is 4.05. The number of hydrogen-bond acceptors (Lipinski definition) is 4. The maximum absolute atomic E-state index is 14.1. The Labute approximate surface area is 257 Å². The lowest BCUT2D eigenvalue weighted by Crippen LogP contribution is -2.52. The highest BCUT2D eigenvalue weighted by Gasteiger charge is 2.34.